The number of hydrogen-bond acceptors (Lipinski definition) is 4. The van der Waals surface area contributed by atoms with Crippen molar-refractivity contribution in [2.45, 2.75) is 37.6 Å². The molecule has 2 fully saturated rings. The zero-order valence-corrected chi connectivity index (χ0v) is 10.4. The van der Waals surface area contributed by atoms with Crippen LogP contribution in [-0.4, -0.2) is 25.1 Å². The van der Waals surface area contributed by atoms with E-state index in [1.54, 1.807) is 0 Å². The Hall–Kier alpha value is -1.26. The van der Waals surface area contributed by atoms with Gasteiger partial charge < -0.3 is 19.9 Å². The highest BCUT2D eigenvalue weighted by Crippen LogP contribution is 2.39. The van der Waals surface area contributed by atoms with Gasteiger partial charge in [0.1, 0.15) is 18.5 Å². The molecule has 2 N–H and O–H groups in total. The molecule has 3 rings (SSSR count). The molecule has 98 valence electrons. The van der Waals surface area contributed by atoms with Crippen LogP contribution >= 0.6 is 0 Å². The highest BCUT2D eigenvalue weighted by molar-refractivity contribution is 5.41. The highest BCUT2D eigenvalue weighted by Gasteiger charge is 2.43. The fraction of sp³-hybridized carbons (Fsp3) is 0.571. The van der Waals surface area contributed by atoms with Crippen molar-refractivity contribution >= 4 is 5.69 Å². The van der Waals surface area contributed by atoms with Gasteiger partial charge in [-0.15, -0.1) is 0 Å². The van der Waals surface area contributed by atoms with Crippen molar-refractivity contribution in [3.63, 3.8) is 0 Å². The number of rotatable bonds is 3. The average Bonchev–Trinajstić information content (AvgIpc) is 3.00. The molecule has 1 unspecified atom stereocenters. The minimum atomic E-state index is -0.296. The summed E-state index contributed by atoms with van der Waals surface area (Å²) < 4.78 is 17.5. The van der Waals surface area contributed by atoms with E-state index in [2.05, 4.69) is 0 Å². The molecule has 0 aromatic heterocycles. The second-order valence-electron chi connectivity index (χ2n) is 5.05. The molecule has 1 aromatic rings. The van der Waals surface area contributed by atoms with Crippen molar-refractivity contribution in [3.8, 4) is 5.75 Å². The lowest BCUT2D eigenvalue weighted by atomic mass is 10.2. The lowest BCUT2D eigenvalue weighted by Crippen LogP contribution is -2.28. The molecule has 0 radical (unpaired) electrons. The van der Waals surface area contributed by atoms with Crippen LogP contribution in [0.4, 0.5) is 5.69 Å². The predicted octanol–water partition coefficient (Wildman–Crippen LogP) is 2.33. The molecule has 4 nitrogen and oxygen atoms in total. The minimum Gasteiger partial charge on any atom is -0.491 e. The summed E-state index contributed by atoms with van der Waals surface area (Å²) in [7, 11) is 0. The molecule has 0 amide bonds. The monoisotopic (exact) mass is 249 g/mol. The van der Waals surface area contributed by atoms with Crippen molar-refractivity contribution < 1.29 is 14.2 Å². The standard InChI is InChI=1S/C14H19NO3/c15-11-3-5-12(6-4-11)16-9-13-10-17-14(18-13)7-1-2-8-14/h3-6,13H,1-2,7-10,15H2. The van der Waals surface area contributed by atoms with E-state index < -0.39 is 0 Å². The summed E-state index contributed by atoms with van der Waals surface area (Å²) in [6.45, 7) is 1.17. The summed E-state index contributed by atoms with van der Waals surface area (Å²) in [5.74, 6) is 0.523. The van der Waals surface area contributed by atoms with Crippen LogP contribution in [-0.2, 0) is 9.47 Å². The number of nitrogen functional groups attached to an aromatic ring is 1. The Morgan fingerprint density at radius 3 is 2.67 bits per heavy atom. The smallest absolute Gasteiger partial charge is 0.169 e. The third-order valence-corrected chi connectivity index (χ3v) is 3.60. The van der Waals surface area contributed by atoms with Gasteiger partial charge in [0, 0.05) is 18.5 Å². The van der Waals surface area contributed by atoms with Crippen molar-refractivity contribution in [1.29, 1.82) is 0 Å². The first-order valence-electron chi connectivity index (χ1n) is 6.56. The van der Waals surface area contributed by atoms with Gasteiger partial charge in [-0.05, 0) is 37.1 Å². The molecule has 1 saturated heterocycles. The summed E-state index contributed by atoms with van der Waals surface area (Å²) in [6.07, 6.45) is 4.48. The Bertz CT molecular complexity index is 398. The van der Waals surface area contributed by atoms with Gasteiger partial charge in [0.05, 0.1) is 6.61 Å². The number of hydrogen-bond donors (Lipinski definition) is 1. The van der Waals surface area contributed by atoms with E-state index in [0.29, 0.717) is 13.2 Å². The fourth-order valence-electron chi connectivity index (χ4n) is 2.63. The molecule has 2 aliphatic rings. The molecule has 0 bridgehead atoms. The van der Waals surface area contributed by atoms with Crippen LogP contribution in [0.2, 0.25) is 0 Å². The number of ether oxygens (including phenoxy) is 3. The number of anilines is 1. The van der Waals surface area contributed by atoms with E-state index in [0.717, 1.165) is 24.3 Å². The van der Waals surface area contributed by atoms with E-state index >= 15 is 0 Å². The SMILES string of the molecule is Nc1ccc(OCC2COC3(CCCC3)O2)cc1. The van der Waals surface area contributed by atoms with Gasteiger partial charge >= 0.3 is 0 Å². The molecule has 1 saturated carbocycles. The van der Waals surface area contributed by atoms with Gasteiger partial charge in [-0.3, -0.25) is 0 Å². The van der Waals surface area contributed by atoms with Gasteiger partial charge in [0.25, 0.3) is 0 Å². The van der Waals surface area contributed by atoms with Crippen LogP contribution < -0.4 is 10.5 Å². The largest absolute Gasteiger partial charge is 0.491 e. The average molecular weight is 249 g/mol. The summed E-state index contributed by atoms with van der Waals surface area (Å²) in [4.78, 5) is 0. The van der Waals surface area contributed by atoms with Gasteiger partial charge in [0.15, 0.2) is 5.79 Å². The van der Waals surface area contributed by atoms with Gasteiger partial charge in [-0.2, -0.15) is 0 Å². The molecule has 1 atom stereocenters. The minimum absolute atomic E-state index is 0.0423. The molecule has 1 spiro atoms. The van der Waals surface area contributed by atoms with Crippen molar-refractivity contribution in [3.05, 3.63) is 24.3 Å². The van der Waals surface area contributed by atoms with Crippen LogP contribution in [0.25, 0.3) is 0 Å². The second kappa shape index (κ2) is 4.78. The van der Waals surface area contributed by atoms with Gasteiger partial charge in [-0.25, -0.2) is 0 Å². The Balaban J connectivity index is 1.51. The maximum Gasteiger partial charge on any atom is 0.169 e. The Labute approximate surface area is 107 Å². The lowest BCUT2D eigenvalue weighted by molar-refractivity contribution is -0.164. The molecular weight excluding hydrogens is 230 g/mol. The van der Waals surface area contributed by atoms with Crippen molar-refractivity contribution in [2.75, 3.05) is 18.9 Å². The Kier molecular flexibility index (Phi) is 3.14. The van der Waals surface area contributed by atoms with Crippen molar-refractivity contribution in [1.82, 2.24) is 0 Å². The zero-order chi connectivity index (χ0) is 12.4. The molecule has 1 heterocycles. The van der Waals surface area contributed by atoms with E-state index in [1.165, 1.54) is 12.8 Å². The first-order chi connectivity index (χ1) is 8.76. The number of benzene rings is 1. The summed E-state index contributed by atoms with van der Waals surface area (Å²) >= 11 is 0. The first kappa shape index (κ1) is 11.8. The number of nitrogens with two attached hydrogens (primary N) is 1. The predicted molar refractivity (Wildman–Crippen MR) is 68.4 cm³/mol. The first-order valence-corrected chi connectivity index (χ1v) is 6.56. The Morgan fingerprint density at radius 2 is 1.94 bits per heavy atom. The van der Waals surface area contributed by atoms with E-state index in [-0.39, 0.29) is 11.9 Å². The van der Waals surface area contributed by atoms with Crippen LogP contribution in [0.3, 0.4) is 0 Å². The highest BCUT2D eigenvalue weighted by atomic mass is 16.8. The normalized spacial score (nSPS) is 25.7. The van der Waals surface area contributed by atoms with E-state index in [1.807, 2.05) is 24.3 Å². The Morgan fingerprint density at radius 1 is 1.22 bits per heavy atom. The van der Waals surface area contributed by atoms with Crippen LogP contribution in [0, 0.1) is 0 Å². The maximum absolute atomic E-state index is 5.98. The maximum atomic E-state index is 5.98. The van der Waals surface area contributed by atoms with Crippen LogP contribution in [0.15, 0.2) is 24.3 Å². The second-order valence-corrected chi connectivity index (χ2v) is 5.05. The topological polar surface area (TPSA) is 53.7 Å². The zero-order valence-electron chi connectivity index (χ0n) is 10.4. The summed E-state index contributed by atoms with van der Waals surface area (Å²) in [6, 6.07) is 7.41. The molecule has 4 heteroatoms. The molecule has 18 heavy (non-hydrogen) atoms. The van der Waals surface area contributed by atoms with E-state index in [9.17, 15) is 0 Å². The lowest BCUT2D eigenvalue weighted by Gasteiger charge is -2.21. The van der Waals surface area contributed by atoms with Crippen LogP contribution in [0.1, 0.15) is 25.7 Å². The van der Waals surface area contributed by atoms with E-state index in [4.69, 9.17) is 19.9 Å². The molecule has 1 aliphatic heterocycles. The molecule has 1 aromatic carbocycles. The fourth-order valence-corrected chi connectivity index (χ4v) is 2.63. The third kappa shape index (κ3) is 2.44. The van der Waals surface area contributed by atoms with Crippen LogP contribution in [0.5, 0.6) is 5.75 Å². The van der Waals surface area contributed by atoms with Crippen molar-refractivity contribution in [2.24, 2.45) is 0 Å². The summed E-state index contributed by atoms with van der Waals surface area (Å²) in [5, 5.41) is 0. The van der Waals surface area contributed by atoms with Gasteiger partial charge in [0.2, 0.25) is 0 Å². The third-order valence-electron chi connectivity index (χ3n) is 3.60. The van der Waals surface area contributed by atoms with Gasteiger partial charge in [-0.1, -0.05) is 0 Å². The quantitative estimate of drug-likeness (QED) is 0.835. The molecular formula is C14H19NO3. The summed E-state index contributed by atoms with van der Waals surface area (Å²) in [5.41, 5.74) is 6.37. The molecule has 1 aliphatic carbocycles.